The highest BCUT2D eigenvalue weighted by Crippen LogP contribution is 2.45. The van der Waals surface area contributed by atoms with E-state index in [1.807, 2.05) is 25.3 Å². The van der Waals surface area contributed by atoms with E-state index in [0.717, 1.165) is 46.8 Å². The van der Waals surface area contributed by atoms with Gasteiger partial charge in [-0.05, 0) is 55.2 Å². The number of aryl methyl sites for hydroxylation is 1. The number of halogens is 3. The SMILES string of the molecule is Cc1cn2ncnc(C3(N)CC3)c2c1-c1ccc(NC(=O)Nc2cccc(C(F)(F)F)n2)cc1. The number of nitrogens with zero attached hydrogens (tertiary/aromatic N) is 4. The molecule has 0 unspecified atom stereocenters. The summed E-state index contributed by atoms with van der Waals surface area (Å²) >= 11 is 0. The fourth-order valence-corrected chi connectivity index (χ4v) is 3.89. The minimum Gasteiger partial charge on any atom is -0.320 e. The number of pyridine rings is 1. The zero-order valence-electron chi connectivity index (χ0n) is 18.0. The van der Waals surface area contributed by atoms with Crippen LogP contribution in [0.15, 0.2) is 55.0 Å². The van der Waals surface area contributed by atoms with Crippen molar-refractivity contribution in [3.63, 3.8) is 0 Å². The van der Waals surface area contributed by atoms with Crippen molar-refractivity contribution in [3.8, 4) is 11.1 Å². The van der Waals surface area contributed by atoms with Gasteiger partial charge in [0.25, 0.3) is 0 Å². The van der Waals surface area contributed by atoms with Gasteiger partial charge in [0.15, 0.2) is 0 Å². The predicted molar refractivity (Wildman–Crippen MR) is 120 cm³/mol. The van der Waals surface area contributed by atoms with Gasteiger partial charge < -0.3 is 11.1 Å². The number of carbonyl (C=O) groups excluding carboxylic acids is 1. The number of urea groups is 1. The van der Waals surface area contributed by atoms with Crippen LogP contribution in [0.3, 0.4) is 0 Å². The van der Waals surface area contributed by atoms with Gasteiger partial charge in [-0.25, -0.2) is 19.3 Å². The van der Waals surface area contributed by atoms with Crippen molar-refractivity contribution in [2.75, 3.05) is 10.6 Å². The van der Waals surface area contributed by atoms with E-state index in [9.17, 15) is 18.0 Å². The summed E-state index contributed by atoms with van der Waals surface area (Å²) < 4.78 is 40.2. The third-order valence-corrected chi connectivity index (χ3v) is 5.74. The zero-order chi connectivity index (χ0) is 24.1. The maximum absolute atomic E-state index is 12.8. The fraction of sp³-hybridized carbons (Fsp3) is 0.217. The van der Waals surface area contributed by atoms with E-state index in [1.165, 1.54) is 18.5 Å². The van der Waals surface area contributed by atoms with E-state index in [0.29, 0.717) is 5.69 Å². The maximum Gasteiger partial charge on any atom is 0.433 e. The van der Waals surface area contributed by atoms with Gasteiger partial charge in [-0.15, -0.1) is 0 Å². The molecule has 3 heterocycles. The van der Waals surface area contributed by atoms with Crippen LogP contribution < -0.4 is 16.4 Å². The average molecular weight is 467 g/mol. The van der Waals surface area contributed by atoms with Crippen molar-refractivity contribution in [2.24, 2.45) is 5.73 Å². The third-order valence-electron chi connectivity index (χ3n) is 5.74. The first-order valence-electron chi connectivity index (χ1n) is 10.5. The lowest BCUT2D eigenvalue weighted by atomic mass is 10.00. The first kappa shape index (κ1) is 21.8. The van der Waals surface area contributed by atoms with Gasteiger partial charge in [-0.3, -0.25) is 5.32 Å². The van der Waals surface area contributed by atoms with Gasteiger partial charge in [0, 0.05) is 17.4 Å². The van der Waals surface area contributed by atoms with Crippen LogP contribution in [-0.4, -0.2) is 25.6 Å². The number of carbonyl (C=O) groups is 1. The number of benzene rings is 1. The normalized spacial score (nSPS) is 14.7. The first-order chi connectivity index (χ1) is 16.1. The first-order valence-corrected chi connectivity index (χ1v) is 10.5. The molecule has 8 nitrogen and oxygen atoms in total. The third kappa shape index (κ3) is 4.05. The van der Waals surface area contributed by atoms with Crippen LogP contribution >= 0.6 is 0 Å². The average Bonchev–Trinajstić information content (AvgIpc) is 3.44. The van der Waals surface area contributed by atoms with Gasteiger partial charge in [-0.1, -0.05) is 18.2 Å². The van der Waals surface area contributed by atoms with Gasteiger partial charge in [0.2, 0.25) is 0 Å². The number of amides is 2. The van der Waals surface area contributed by atoms with E-state index >= 15 is 0 Å². The van der Waals surface area contributed by atoms with E-state index in [-0.39, 0.29) is 5.82 Å². The van der Waals surface area contributed by atoms with Crippen LogP contribution in [-0.2, 0) is 11.7 Å². The van der Waals surface area contributed by atoms with Crippen molar-refractivity contribution < 1.29 is 18.0 Å². The van der Waals surface area contributed by atoms with Crippen LogP contribution in [0, 0.1) is 6.92 Å². The lowest BCUT2D eigenvalue weighted by Crippen LogP contribution is -2.22. The molecule has 0 radical (unpaired) electrons. The fourth-order valence-electron chi connectivity index (χ4n) is 3.89. The number of rotatable bonds is 4. The molecule has 5 rings (SSSR count). The molecule has 2 amide bonds. The molecule has 1 aromatic carbocycles. The molecule has 0 bridgehead atoms. The number of alkyl halides is 3. The maximum atomic E-state index is 12.8. The van der Waals surface area contributed by atoms with Crippen molar-refractivity contribution in [3.05, 3.63) is 71.9 Å². The Bertz CT molecular complexity index is 1390. The molecule has 1 fully saturated rings. The zero-order valence-corrected chi connectivity index (χ0v) is 18.0. The Labute approximate surface area is 192 Å². The lowest BCUT2D eigenvalue weighted by Gasteiger charge is -2.12. The molecular formula is C23H20F3N7O. The van der Waals surface area contributed by atoms with Crippen molar-refractivity contribution in [2.45, 2.75) is 31.5 Å². The standard InChI is InChI=1S/C23H20F3N7O/c1-13-11-33-19(20(28-12-29-33)22(27)9-10-22)18(13)14-5-7-15(8-6-14)30-21(34)32-17-4-2-3-16(31-17)23(24,25)26/h2-8,11-12H,9-10,27H2,1H3,(H2,30,31,32,34). The van der Waals surface area contributed by atoms with Gasteiger partial charge >= 0.3 is 12.2 Å². The Morgan fingerprint density at radius 2 is 1.85 bits per heavy atom. The summed E-state index contributed by atoms with van der Waals surface area (Å²) in [5.74, 6) is -0.205. The van der Waals surface area contributed by atoms with Crippen molar-refractivity contribution in [1.82, 2.24) is 19.6 Å². The second-order valence-electron chi connectivity index (χ2n) is 8.31. The summed E-state index contributed by atoms with van der Waals surface area (Å²) in [5.41, 5.74) is 9.88. The quantitative estimate of drug-likeness (QED) is 0.403. The molecule has 0 saturated heterocycles. The van der Waals surface area contributed by atoms with E-state index in [4.69, 9.17) is 5.73 Å². The van der Waals surface area contributed by atoms with Crippen LogP contribution in [0.2, 0.25) is 0 Å². The highest BCUT2D eigenvalue weighted by Gasteiger charge is 2.43. The van der Waals surface area contributed by atoms with Crippen LogP contribution in [0.4, 0.5) is 29.5 Å². The number of nitrogens with two attached hydrogens (primary N) is 1. The number of fused-ring (bicyclic) bond motifs is 1. The molecule has 1 aliphatic rings. The Hall–Kier alpha value is -3.99. The molecular weight excluding hydrogens is 447 g/mol. The predicted octanol–water partition coefficient (Wildman–Crippen LogP) is 4.71. The summed E-state index contributed by atoms with van der Waals surface area (Å²) in [4.78, 5) is 20.2. The molecule has 0 spiro atoms. The summed E-state index contributed by atoms with van der Waals surface area (Å²) in [6.45, 7) is 1.98. The Kier molecular flexibility index (Phi) is 5.01. The largest absolute Gasteiger partial charge is 0.433 e. The Balaban J connectivity index is 1.37. The minimum atomic E-state index is -4.60. The van der Waals surface area contributed by atoms with Crippen LogP contribution in [0.25, 0.3) is 16.6 Å². The van der Waals surface area contributed by atoms with Gasteiger partial charge in [0.05, 0.1) is 16.7 Å². The summed E-state index contributed by atoms with van der Waals surface area (Å²) in [6.07, 6.45) is 0.552. The Morgan fingerprint density at radius 3 is 2.53 bits per heavy atom. The minimum absolute atomic E-state index is 0.205. The summed E-state index contributed by atoms with van der Waals surface area (Å²) in [5, 5.41) is 9.23. The van der Waals surface area contributed by atoms with E-state index in [1.54, 1.807) is 16.6 Å². The second kappa shape index (κ2) is 7.80. The second-order valence-corrected chi connectivity index (χ2v) is 8.31. The van der Waals surface area contributed by atoms with Gasteiger partial charge in [-0.2, -0.15) is 18.3 Å². The number of aromatic nitrogens is 4. The molecule has 1 aliphatic carbocycles. The van der Waals surface area contributed by atoms with Crippen molar-refractivity contribution in [1.29, 1.82) is 0 Å². The molecule has 11 heteroatoms. The highest BCUT2D eigenvalue weighted by molar-refractivity contribution is 5.99. The van der Waals surface area contributed by atoms with E-state index in [2.05, 4.69) is 25.7 Å². The lowest BCUT2D eigenvalue weighted by molar-refractivity contribution is -0.141. The summed E-state index contributed by atoms with van der Waals surface area (Å²) in [6, 6.07) is 9.67. The molecule has 3 aromatic heterocycles. The molecule has 0 atom stereocenters. The molecule has 0 aliphatic heterocycles. The van der Waals surface area contributed by atoms with Crippen LogP contribution in [0.1, 0.15) is 29.8 Å². The van der Waals surface area contributed by atoms with Gasteiger partial charge in [0.1, 0.15) is 17.8 Å². The highest BCUT2D eigenvalue weighted by atomic mass is 19.4. The molecule has 174 valence electrons. The van der Waals surface area contributed by atoms with Crippen LogP contribution in [0.5, 0.6) is 0 Å². The number of hydrogen-bond donors (Lipinski definition) is 3. The van der Waals surface area contributed by atoms with Crippen molar-refractivity contribution >= 4 is 23.1 Å². The Morgan fingerprint density at radius 1 is 1.12 bits per heavy atom. The number of hydrogen-bond acceptors (Lipinski definition) is 5. The number of nitrogens with one attached hydrogen (secondary N) is 2. The van der Waals surface area contributed by atoms with E-state index < -0.39 is 23.4 Å². The summed E-state index contributed by atoms with van der Waals surface area (Å²) in [7, 11) is 0. The number of anilines is 2. The topological polar surface area (TPSA) is 110 Å². The molecule has 34 heavy (non-hydrogen) atoms. The molecule has 4 aromatic rings. The molecule has 1 saturated carbocycles. The monoisotopic (exact) mass is 467 g/mol. The smallest absolute Gasteiger partial charge is 0.320 e. The molecule has 4 N–H and O–H groups in total.